The summed E-state index contributed by atoms with van der Waals surface area (Å²) in [6.45, 7) is 2.42. The van der Waals surface area contributed by atoms with Crippen molar-refractivity contribution in [1.82, 2.24) is 9.80 Å². The summed E-state index contributed by atoms with van der Waals surface area (Å²) >= 11 is 6.02. The summed E-state index contributed by atoms with van der Waals surface area (Å²) in [4.78, 5) is 28.9. The van der Waals surface area contributed by atoms with E-state index in [1.165, 1.54) is 0 Å². The van der Waals surface area contributed by atoms with Crippen molar-refractivity contribution in [2.45, 2.75) is 11.8 Å². The van der Waals surface area contributed by atoms with E-state index in [9.17, 15) is 9.59 Å². The van der Waals surface area contributed by atoms with E-state index < -0.39 is 5.54 Å². The van der Waals surface area contributed by atoms with Gasteiger partial charge < -0.3 is 30.3 Å². The van der Waals surface area contributed by atoms with Crippen molar-refractivity contribution in [2.75, 3.05) is 44.7 Å². The molecule has 0 aliphatic carbocycles. The summed E-state index contributed by atoms with van der Waals surface area (Å²) in [7, 11) is 0. The van der Waals surface area contributed by atoms with Gasteiger partial charge in [0.05, 0.1) is 18.9 Å². The highest BCUT2D eigenvalue weighted by Crippen LogP contribution is 2.39. The molecule has 3 aliphatic rings. The van der Waals surface area contributed by atoms with Gasteiger partial charge in [0, 0.05) is 48.4 Å². The SMILES string of the molecule is NC1(C(=O)N2CCN(C(=O)c3ccc(C4Nc5ccc(Cl)cc5O4)cc3)CC2)COC1. The average molecular weight is 443 g/mol. The molecule has 0 aromatic heterocycles. The summed E-state index contributed by atoms with van der Waals surface area (Å²) in [6.07, 6.45) is -0.328. The first-order valence-electron chi connectivity index (χ1n) is 10.2. The molecule has 1 atom stereocenters. The monoisotopic (exact) mass is 442 g/mol. The third kappa shape index (κ3) is 3.71. The van der Waals surface area contributed by atoms with Gasteiger partial charge in [-0.15, -0.1) is 0 Å². The number of rotatable bonds is 3. The Kier molecular flexibility index (Phi) is 5.00. The summed E-state index contributed by atoms with van der Waals surface area (Å²) in [6, 6.07) is 12.8. The molecule has 31 heavy (non-hydrogen) atoms. The van der Waals surface area contributed by atoms with E-state index in [1.807, 2.05) is 24.3 Å². The molecule has 3 N–H and O–H groups in total. The molecule has 9 heteroatoms. The van der Waals surface area contributed by atoms with Gasteiger partial charge >= 0.3 is 0 Å². The van der Waals surface area contributed by atoms with E-state index >= 15 is 0 Å². The maximum atomic E-state index is 12.9. The molecule has 0 bridgehead atoms. The minimum absolute atomic E-state index is 0.0524. The van der Waals surface area contributed by atoms with Gasteiger partial charge in [0.2, 0.25) is 5.91 Å². The van der Waals surface area contributed by atoms with Crippen LogP contribution in [0.5, 0.6) is 5.75 Å². The van der Waals surface area contributed by atoms with Crippen molar-refractivity contribution >= 4 is 29.1 Å². The van der Waals surface area contributed by atoms with E-state index in [0.29, 0.717) is 42.5 Å². The molecular weight excluding hydrogens is 420 g/mol. The largest absolute Gasteiger partial charge is 0.464 e. The quantitative estimate of drug-likeness (QED) is 0.753. The number of carbonyl (C=O) groups excluding carboxylic acids is 2. The number of ether oxygens (including phenoxy) is 2. The third-order valence-corrected chi connectivity index (χ3v) is 6.17. The van der Waals surface area contributed by atoms with Gasteiger partial charge in [-0.2, -0.15) is 0 Å². The average Bonchev–Trinajstić information content (AvgIpc) is 3.20. The zero-order valence-electron chi connectivity index (χ0n) is 16.8. The van der Waals surface area contributed by atoms with Gasteiger partial charge in [0.15, 0.2) is 6.23 Å². The van der Waals surface area contributed by atoms with E-state index in [1.54, 1.807) is 28.0 Å². The Labute approximate surface area is 184 Å². The normalized spacial score (nSPS) is 21.5. The third-order valence-electron chi connectivity index (χ3n) is 5.93. The second kappa shape index (κ2) is 7.71. The maximum absolute atomic E-state index is 12.9. The first-order chi connectivity index (χ1) is 14.9. The summed E-state index contributed by atoms with van der Waals surface area (Å²) < 4.78 is 11.0. The molecule has 0 saturated carbocycles. The van der Waals surface area contributed by atoms with Crippen LogP contribution in [0, 0.1) is 0 Å². The van der Waals surface area contributed by atoms with Crippen LogP contribution < -0.4 is 15.8 Å². The number of fused-ring (bicyclic) bond motifs is 1. The molecule has 1 unspecified atom stereocenters. The minimum Gasteiger partial charge on any atom is -0.464 e. The molecule has 2 fully saturated rings. The molecule has 2 aromatic carbocycles. The second-order valence-electron chi connectivity index (χ2n) is 8.14. The number of amides is 2. The molecular formula is C22H23ClN4O4. The standard InChI is InChI=1S/C22H23ClN4O4/c23-16-5-6-17-18(11-16)31-19(25-17)14-1-3-15(4-2-14)20(28)26-7-9-27(10-8-26)21(29)22(24)12-30-13-22/h1-6,11,19,25H,7-10,12-13,24H2. The van der Waals surface area contributed by atoms with Gasteiger partial charge in [-0.1, -0.05) is 23.7 Å². The highest BCUT2D eigenvalue weighted by Gasteiger charge is 2.45. The smallest absolute Gasteiger partial charge is 0.253 e. The number of benzene rings is 2. The van der Waals surface area contributed by atoms with Crippen LogP contribution in [0.3, 0.4) is 0 Å². The molecule has 0 radical (unpaired) electrons. The fourth-order valence-corrected chi connectivity index (χ4v) is 4.18. The van der Waals surface area contributed by atoms with Crippen LogP contribution in [0.4, 0.5) is 5.69 Å². The van der Waals surface area contributed by atoms with E-state index in [0.717, 1.165) is 11.3 Å². The van der Waals surface area contributed by atoms with Crippen LogP contribution in [0.1, 0.15) is 22.1 Å². The summed E-state index contributed by atoms with van der Waals surface area (Å²) in [5, 5.41) is 3.91. The minimum atomic E-state index is -0.899. The maximum Gasteiger partial charge on any atom is 0.253 e. The summed E-state index contributed by atoms with van der Waals surface area (Å²) in [5.74, 6) is 0.558. The van der Waals surface area contributed by atoms with Gasteiger partial charge in [0.1, 0.15) is 11.3 Å². The number of hydrogen-bond acceptors (Lipinski definition) is 6. The first-order valence-corrected chi connectivity index (χ1v) is 10.6. The predicted molar refractivity (Wildman–Crippen MR) is 115 cm³/mol. The van der Waals surface area contributed by atoms with Gasteiger partial charge in [-0.3, -0.25) is 9.59 Å². The van der Waals surface area contributed by atoms with Crippen molar-refractivity contribution in [3.8, 4) is 5.75 Å². The lowest BCUT2D eigenvalue weighted by atomic mass is 9.96. The lowest BCUT2D eigenvalue weighted by Crippen LogP contribution is -2.68. The molecule has 0 spiro atoms. The molecule has 3 heterocycles. The number of anilines is 1. The van der Waals surface area contributed by atoms with Crippen molar-refractivity contribution in [1.29, 1.82) is 0 Å². The Balaban J connectivity index is 1.19. The predicted octanol–water partition coefficient (Wildman–Crippen LogP) is 1.86. The van der Waals surface area contributed by atoms with Crippen LogP contribution in [-0.2, 0) is 9.53 Å². The van der Waals surface area contributed by atoms with E-state index in [-0.39, 0.29) is 31.3 Å². The van der Waals surface area contributed by atoms with Crippen LogP contribution >= 0.6 is 11.6 Å². The Hall–Kier alpha value is -2.81. The first kappa shape index (κ1) is 20.1. The van der Waals surface area contributed by atoms with Crippen molar-refractivity contribution in [3.63, 3.8) is 0 Å². The second-order valence-corrected chi connectivity index (χ2v) is 8.57. The number of halogens is 1. The zero-order chi connectivity index (χ0) is 21.6. The van der Waals surface area contributed by atoms with Gasteiger partial charge in [-0.05, 0) is 24.3 Å². The Bertz CT molecular complexity index is 1020. The highest BCUT2D eigenvalue weighted by molar-refractivity contribution is 6.30. The topological polar surface area (TPSA) is 97.1 Å². The molecule has 2 amide bonds. The zero-order valence-corrected chi connectivity index (χ0v) is 17.6. The van der Waals surface area contributed by atoms with Crippen LogP contribution in [-0.4, -0.2) is 66.5 Å². The van der Waals surface area contributed by atoms with Crippen molar-refractivity contribution < 1.29 is 19.1 Å². The lowest BCUT2D eigenvalue weighted by molar-refractivity contribution is -0.155. The van der Waals surface area contributed by atoms with Crippen LogP contribution in [0.15, 0.2) is 42.5 Å². The number of nitrogens with two attached hydrogens (primary N) is 1. The molecule has 5 rings (SSSR count). The number of nitrogens with zero attached hydrogens (tertiary/aromatic N) is 2. The number of piperazine rings is 1. The molecule has 8 nitrogen and oxygen atoms in total. The fourth-order valence-electron chi connectivity index (χ4n) is 4.02. The molecule has 3 aliphatic heterocycles. The Morgan fingerprint density at radius 2 is 1.71 bits per heavy atom. The van der Waals surface area contributed by atoms with E-state index in [2.05, 4.69) is 5.32 Å². The number of hydrogen-bond donors (Lipinski definition) is 2. The number of nitrogens with one attached hydrogen (secondary N) is 1. The molecule has 162 valence electrons. The van der Waals surface area contributed by atoms with Gasteiger partial charge in [-0.25, -0.2) is 0 Å². The van der Waals surface area contributed by atoms with Crippen LogP contribution in [0.25, 0.3) is 0 Å². The van der Waals surface area contributed by atoms with Crippen molar-refractivity contribution in [3.05, 3.63) is 58.6 Å². The summed E-state index contributed by atoms with van der Waals surface area (Å²) in [5.41, 5.74) is 7.54. The van der Waals surface area contributed by atoms with Gasteiger partial charge in [0.25, 0.3) is 5.91 Å². The van der Waals surface area contributed by atoms with Crippen molar-refractivity contribution in [2.24, 2.45) is 5.73 Å². The molecule has 2 saturated heterocycles. The number of carbonyl (C=O) groups is 2. The lowest BCUT2D eigenvalue weighted by Gasteiger charge is -2.43. The fraction of sp³-hybridized carbons (Fsp3) is 0.364. The Morgan fingerprint density at radius 3 is 2.35 bits per heavy atom. The van der Waals surface area contributed by atoms with E-state index in [4.69, 9.17) is 26.8 Å². The van der Waals surface area contributed by atoms with Crippen LogP contribution in [0.2, 0.25) is 5.02 Å². The highest BCUT2D eigenvalue weighted by atomic mass is 35.5. The molecule has 2 aromatic rings. The Morgan fingerprint density at radius 1 is 1.03 bits per heavy atom.